The van der Waals surface area contributed by atoms with Crippen molar-refractivity contribution in [3.63, 3.8) is 0 Å². The molecule has 1 aromatic heterocycles. The molecule has 1 amide bonds. The minimum absolute atomic E-state index is 0.0434. The highest BCUT2D eigenvalue weighted by Crippen LogP contribution is 2.09. The minimum atomic E-state index is -0.0434. The molecule has 2 heterocycles. The van der Waals surface area contributed by atoms with Gasteiger partial charge in [-0.1, -0.05) is 0 Å². The van der Waals surface area contributed by atoms with Gasteiger partial charge in [-0.25, -0.2) is 4.98 Å². The molecule has 3 N–H and O–H groups in total. The van der Waals surface area contributed by atoms with Crippen LogP contribution >= 0.6 is 0 Å². The first kappa shape index (κ1) is 9.21. The highest BCUT2D eigenvalue weighted by molar-refractivity contribution is 5.80. The summed E-state index contributed by atoms with van der Waals surface area (Å²) in [7, 11) is 0. The molecule has 1 aromatic rings. The Bertz CT molecular complexity index is 305. The van der Waals surface area contributed by atoms with Crippen molar-refractivity contribution in [2.75, 3.05) is 13.1 Å². The number of aromatic amines is 1. The number of nitrogens with one attached hydrogen (secondary N) is 3. The van der Waals surface area contributed by atoms with E-state index in [-0.39, 0.29) is 17.9 Å². The molecule has 1 atom stereocenters. The van der Waals surface area contributed by atoms with Crippen LogP contribution in [0.2, 0.25) is 0 Å². The van der Waals surface area contributed by atoms with Gasteiger partial charge in [0, 0.05) is 25.5 Å². The van der Waals surface area contributed by atoms with E-state index in [1.165, 1.54) is 0 Å². The molecule has 0 aliphatic carbocycles. The van der Waals surface area contributed by atoms with E-state index in [0.29, 0.717) is 0 Å². The van der Waals surface area contributed by atoms with Crippen LogP contribution in [0.25, 0.3) is 0 Å². The lowest BCUT2D eigenvalue weighted by Crippen LogP contribution is -2.51. The smallest absolute Gasteiger partial charge is 0.226 e. The molecule has 5 nitrogen and oxygen atoms in total. The third kappa shape index (κ3) is 1.77. The van der Waals surface area contributed by atoms with Crippen LogP contribution in [-0.2, 0) is 4.79 Å². The van der Waals surface area contributed by atoms with E-state index in [9.17, 15) is 4.79 Å². The van der Waals surface area contributed by atoms with E-state index in [1.54, 1.807) is 12.4 Å². The van der Waals surface area contributed by atoms with Gasteiger partial charge < -0.3 is 15.6 Å². The maximum atomic E-state index is 11.5. The molecule has 1 aliphatic rings. The molecular formula is C9H14N4O. The average molecular weight is 194 g/mol. The first-order valence-corrected chi connectivity index (χ1v) is 4.77. The number of nitrogens with zero attached hydrogens (tertiary/aromatic N) is 1. The van der Waals surface area contributed by atoms with Crippen molar-refractivity contribution in [1.82, 2.24) is 20.6 Å². The highest BCUT2D eigenvalue weighted by atomic mass is 16.2. The van der Waals surface area contributed by atoms with Gasteiger partial charge in [0.15, 0.2) is 0 Å². The van der Waals surface area contributed by atoms with Crippen LogP contribution in [0.5, 0.6) is 0 Å². The Balaban J connectivity index is 1.87. The van der Waals surface area contributed by atoms with Crippen LogP contribution in [0.1, 0.15) is 18.8 Å². The molecule has 0 spiro atoms. The van der Waals surface area contributed by atoms with Crippen molar-refractivity contribution >= 4 is 5.91 Å². The Morgan fingerprint density at radius 2 is 2.50 bits per heavy atom. The van der Waals surface area contributed by atoms with Gasteiger partial charge in [-0.2, -0.15) is 0 Å². The Kier molecular flexibility index (Phi) is 2.49. The largest absolute Gasteiger partial charge is 0.347 e. The van der Waals surface area contributed by atoms with Gasteiger partial charge in [-0.05, 0) is 6.92 Å². The van der Waals surface area contributed by atoms with E-state index < -0.39 is 0 Å². The van der Waals surface area contributed by atoms with Crippen LogP contribution in [0, 0.1) is 5.92 Å². The van der Waals surface area contributed by atoms with E-state index in [1.807, 2.05) is 6.92 Å². The summed E-state index contributed by atoms with van der Waals surface area (Å²) in [6.07, 6.45) is 3.44. The van der Waals surface area contributed by atoms with Crippen LogP contribution < -0.4 is 10.6 Å². The number of carbonyl (C=O) groups is 1. The van der Waals surface area contributed by atoms with E-state index in [2.05, 4.69) is 20.6 Å². The monoisotopic (exact) mass is 194 g/mol. The van der Waals surface area contributed by atoms with Gasteiger partial charge in [0.2, 0.25) is 5.91 Å². The van der Waals surface area contributed by atoms with Crippen molar-refractivity contribution < 1.29 is 4.79 Å². The zero-order valence-electron chi connectivity index (χ0n) is 8.08. The Hall–Kier alpha value is -1.36. The molecule has 0 saturated carbocycles. The summed E-state index contributed by atoms with van der Waals surface area (Å²) in [5.41, 5.74) is 0. The second kappa shape index (κ2) is 3.79. The lowest BCUT2D eigenvalue weighted by molar-refractivity contribution is -0.127. The molecule has 1 fully saturated rings. The number of carbonyl (C=O) groups excluding carboxylic acids is 1. The number of hydrogen-bond donors (Lipinski definition) is 3. The molecule has 1 unspecified atom stereocenters. The fraction of sp³-hybridized carbons (Fsp3) is 0.556. The first-order valence-electron chi connectivity index (χ1n) is 4.77. The highest BCUT2D eigenvalue weighted by Gasteiger charge is 2.26. The fourth-order valence-electron chi connectivity index (χ4n) is 1.39. The molecule has 0 bridgehead atoms. The third-order valence-electron chi connectivity index (χ3n) is 2.44. The zero-order valence-corrected chi connectivity index (χ0v) is 8.08. The fourth-order valence-corrected chi connectivity index (χ4v) is 1.39. The van der Waals surface area contributed by atoms with Gasteiger partial charge in [0.25, 0.3) is 0 Å². The zero-order chi connectivity index (χ0) is 9.97. The molecule has 0 radical (unpaired) electrons. The van der Waals surface area contributed by atoms with Crippen molar-refractivity contribution in [3.8, 4) is 0 Å². The predicted molar refractivity (Wildman–Crippen MR) is 51.5 cm³/mol. The first-order chi connectivity index (χ1) is 6.77. The van der Waals surface area contributed by atoms with Crippen molar-refractivity contribution in [2.24, 2.45) is 5.92 Å². The van der Waals surface area contributed by atoms with Gasteiger partial charge >= 0.3 is 0 Å². The summed E-state index contributed by atoms with van der Waals surface area (Å²) in [6, 6.07) is -0.0434. The van der Waals surface area contributed by atoms with Gasteiger partial charge in [0.1, 0.15) is 5.82 Å². The van der Waals surface area contributed by atoms with E-state index in [0.717, 1.165) is 18.9 Å². The summed E-state index contributed by atoms with van der Waals surface area (Å²) in [5, 5.41) is 5.98. The van der Waals surface area contributed by atoms with Crippen LogP contribution in [0.3, 0.4) is 0 Å². The second-order valence-electron chi connectivity index (χ2n) is 3.56. The lowest BCUT2D eigenvalue weighted by atomic mass is 10.0. The molecule has 5 heteroatoms. The number of aromatic nitrogens is 2. The van der Waals surface area contributed by atoms with Gasteiger partial charge in [0.05, 0.1) is 12.0 Å². The van der Waals surface area contributed by atoms with Crippen LogP contribution in [0.4, 0.5) is 0 Å². The standard InChI is InChI=1S/C9H14N4O/c1-6(8-11-2-3-12-8)13-9(14)7-4-10-5-7/h2-3,6-7,10H,4-5H2,1H3,(H,11,12)(H,13,14). The molecular weight excluding hydrogens is 180 g/mol. The topological polar surface area (TPSA) is 69.8 Å². The van der Waals surface area contributed by atoms with Crippen molar-refractivity contribution in [2.45, 2.75) is 13.0 Å². The van der Waals surface area contributed by atoms with Gasteiger partial charge in [-0.3, -0.25) is 4.79 Å². The van der Waals surface area contributed by atoms with Crippen LogP contribution in [0.15, 0.2) is 12.4 Å². The quantitative estimate of drug-likeness (QED) is 0.624. The van der Waals surface area contributed by atoms with Crippen LogP contribution in [-0.4, -0.2) is 29.0 Å². The number of amides is 1. The summed E-state index contributed by atoms with van der Waals surface area (Å²) >= 11 is 0. The third-order valence-corrected chi connectivity index (χ3v) is 2.44. The Morgan fingerprint density at radius 1 is 1.71 bits per heavy atom. The minimum Gasteiger partial charge on any atom is -0.347 e. The molecule has 0 aromatic carbocycles. The normalized spacial score (nSPS) is 18.6. The molecule has 1 aliphatic heterocycles. The maximum absolute atomic E-state index is 11.5. The Labute approximate surface area is 82.3 Å². The summed E-state index contributed by atoms with van der Waals surface area (Å²) in [5.74, 6) is 1.03. The van der Waals surface area contributed by atoms with Gasteiger partial charge in [-0.15, -0.1) is 0 Å². The lowest BCUT2D eigenvalue weighted by Gasteiger charge is -2.27. The summed E-state index contributed by atoms with van der Waals surface area (Å²) in [6.45, 7) is 3.50. The second-order valence-corrected chi connectivity index (χ2v) is 3.56. The SMILES string of the molecule is CC(NC(=O)C1CNC1)c1ncc[nH]1. The molecule has 2 rings (SSSR count). The molecule has 76 valence electrons. The number of H-pyrrole nitrogens is 1. The van der Waals surface area contributed by atoms with Crippen molar-refractivity contribution in [3.05, 3.63) is 18.2 Å². The summed E-state index contributed by atoms with van der Waals surface area (Å²) in [4.78, 5) is 18.6. The average Bonchev–Trinajstić information content (AvgIpc) is 2.51. The number of hydrogen-bond acceptors (Lipinski definition) is 3. The Morgan fingerprint density at radius 3 is 3.00 bits per heavy atom. The van der Waals surface area contributed by atoms with Crippen molar-refractivity contribution in [1.29, 1.82) is 0 Å². The van der Waals surface area contributed by atoms with E-state index >= 15 is 0 Å². The number of imidazole rings is 1. The summed E-state index contributed by atoms with van der Waals surface area (Å²) < 4.78 is 0. The maximum Gasteiger partial charge on any atom is 0.226 e. The molecule has 14 heavy (non-hydrogen) atoms. The predicted octanol–water partition coefficient (Wildman–Crippen LogP) is -0.194. The molecule has 1 saturated heterocycles. The number of rotatable bonds is 3. The van der Waals surface area contributed by atoms with E-state index in [4.69, 9.17) is 0 Å².